The third kappa shape index (κ3) is 3.55. The molecule has 0 heterocycles. The van der Waals surface area contributed by atoms with Crippen molar-refractivity contribution < 1.29 is 9.53 Å². The van der Waals surface area contributed by atoms with Crippen LogP contribution in [-0.2, 0) is 4.74 Å². The van der Waals surface area contributed by atoms with E-state index in [9.17, 15) is 4.79 Å². The zero-order chi connectivity index (χ0) is 11.3. The van der Waals surface area contributed by atoms with E-state index in [1.165, 1.54) is 7.11 Å². The number of hydrogen-bond donors (Lipinski definition) is 2. The van der Waals surface area contributed by atoms with Crippen molar-refractivity contribution in [1.82, 2.24) is 0 Å². The van der Waals surface area contributed by atoms with E-state index in [0.29, 0.717) is 17.1 Å². The van der Waals surface area contributed by atoms with Gasteiger partial charge in [-0.3, -0.25) is 0 Å². The zero-order valence-electron chi connectivity index (χ0n) is 8.32. The van der Waals surface area contributed by atoms with Gasteiger partial charge in [-0.25, -0.2) is 4.79 Å². The lowest BCUT2D eigenvalue weighted by Crippen LogP contribution is -2.19. The summed E-state index contributed by atoms with van der Waals surface area (Å²) in [5.41, 5.74) is 6.62. The van der Waals surface area contributed by atoms with E-state index in [4.69, 9.17) is 18.0 Å². The molecule has 1 aromatic carbocycles. The van der Waals surface area contributed by atoms with Crippen LogP contribution in [0.4, 0.5) is 5.69 Å². The van der Waals surface area contributed by atoms with Gasteiger partial charge in [0.1, 0.15) is 0 Å². The summed E-state index contributed by atoms with van der Waals surface area (Å²) >= 11 is 4.73. The smallest absolute Gasteiger partial charge is 0.337 e. The lowest BCUT2D eigenvalue weighted by molar-refractivity contribution is 0.0601. The van der Waals surface area contributed by atoms with Crippen molar-refractivity contribution in [3.05, 3.63) is 29.8 Å². The molecule has 0 bridgehead atoms. The standard InChI is InChI=1S/C10H12N2O2S/c1-14-10(13)7-3-2-4-8(5-7)12-6-9(11)15/h2-5,12H,6H2,1H3,(H2,11,15). The average Bonchev–Trinajstić information content (AvgIpc) is 2.25. The highest BCUT2D eigenvalue weighted by molar-refractivity contribution is 7.80. The second-order valence-electron chi connectivity index (χ2n) is 2.89. The van der Waals surface area contributed by atoms with Gasteiger partial charge in [0.15, 0.2) is 0 Å². The number of anilines is 1. The summed E-state index contributed by atoms with van der Waals surface area (Å²) in [5.74, 6) is -0.367. The number of thiocarbonyl (C=S) groups is 1. The van der Waals surface area contributed by atoms with E-state index in [0.717, 1.165) is 5.69 Å². The molecule has 0 spiro atoms. The molecule has 1 aromatic rings. The fraction of sp³-hybridized carbons (Fsp3) is 0.200. The molecule has 0 atom stereocenters. The molecule has 0 aromatic heterocycles. The summed E-state index contributed by atoms with van der Waals surface area (Å²) in [5, 5.41) is 2.99. The Morgan fingerprint density at radius 1 is 1.60 bits per heavy atom. The second-order valence-corrected chi connectivity index (χ2v) is 3.42. The van der Waals surface area contributed by atoms with E-state index in [1.807, 2.05) is 6.07 Å². The van der Waals surface area contributed by atoms with E-state index >= 15 is 0 Å². The molecule has 15 heavy (non-hydrogen) atoms. The van der Waals surface area contributed by atoms with E-state index < -0.39 is 0 Å². The van der Waals surface area contributed by atoms with Crippen molar-refractivity contribution in [1.29, 1.82) is 0 Å². The normalized spacial score (nSPS) is 9.40. The number of nitrogens with one attached hydrogen (secondary N) is 1. The van der Waals surface area contributed by atoms with Crippen LogP contribution in [0.25, 0.3) is 0 Å². The summed E-state index contributed by atoms with van der Waals surface area (Å²) in [6.07, 6.45) is 0. The topological polar surface area (TPSA) is 64.3 Å². The molecule has 0 amide bonds. The number of rotatable bonds is 4. The molecule has 0 aliphatic carbocycles. The maximum Gasteiger partial charge on any atom is 0.337 e. The highest BCUT2D eigenvalue weighted by Gasteiger charge is 2.04. The number of benzene rings is 1. The van der Waals surface area contributed by atoms with Gasteiger partial charge in [0.05, 0.1) is 24.2 Å². The van der Waals surface area contributed by atoms with E-state index in [-0.39, 0.29) is 5.97 Å². The van der Waals surface area contributed by atoms with Crippen LogP contribution in [0.2, 0.25) is 0 Å². The predicted octanol–water partition coefficient (Wildman–Crippen LogP) is 1.17. The Bertz CT molecular complexity index is 379. The monoisotopic (exact) mass is 224 g/mol. The molecular weight excluding hydrogens is 212 g/mol. The van der Waals surface area contributed by atoms with Crippen LogP contribution in [0, 0.1) is 0 Å². The summed E-state index contributed by atoms with van der Waals surface area (Å²) in [6.45, 7) is 0.403. The first-order valence-corrected chi connectivity index (χ1v) is 4.75. The molecule has 0 aliphatic heterocycles. The van der Waals surface area contributed by atoms with Crippen molar-refractivity contribution in [2.75, 3.05) is 19.0 Å². The Morgan fingerprint density at radius 3 is 2.93 bits per heavy atom. The summed E-state index contributed by atoms with van der Waals surface area (Å²) in [4.78, 5) is 11.6. The maximum atomic E-state index is 11.2. The lowest BCUT2D eigenvalue weighted by Gasteiger charge is -2.06. The molecule has 0 fully saturated rings. The lowest BCUT2D eigenvalue weighted by atomic mass is 10.2. The minimum atomic E-state index is -0.367. The van der Waals surface area contributed by atoms with Crippen molar-refractivity contribution in [2.24, 2.45) is 5.73 Å². The van der Waals surface area contributed by atoms with Gasteiger partial charge in [0.2, 0.25) is 0 Å². The minimum absolute atomic E-state index is 0.367. The van der Waals surface area contributed by atoms with Crippen LogP contribution in [-0.4, -0.2) is 24.6 Å². The summed E-state index contributed by atoms with van der Waals surface area (Å²) < 4.78 is 4.60. The van der Waals surface area contributed by atoms with Gasteiger partial charge in [-0.05, 0) is 18.2 Å². The molecule has 1 rings (SSSR count). The summed E-state index contributed by atoms with van der Waals surface area (Å²) in [7, 11) is 1.34. The molecule has 0 saturated carbocycles. The molecule has 0 saturated heterocycles. The molecule has 0 unspecified atom stereocenters. The maximum absolute atomic E-state index is 11.2. The third-order valence-corrected chi connectivity index (χ3v) is 1.89. The number of carbonyl (C=O) groups is 1. The molecule has 3 N–H and O–H groups in total. The number of ether oxygens (including phenoxy) is 1. The van der Waals surface area contributed by atoms with Crippen molar-refractivity contribution in [3.8, 4) is 0 Å². The molecule has 0 aliphatic rings. The largest absolute Gasteiger partial charge is 0.465 e. The fourth-order valence-electron chi connectivity index (χ4n) is 1.06. The van der Waals surface area contributed by atoms with Crippen LogP contribution in [0.5, 0.6) is 0 Å². The van der Waals surface area contributed by atoms with Gasteiger partial charge >= 0.3 is 5.97 Å². The first kappa shape index (κ1) is 11.5. The number of esters is 1. The van der Waals surface area contributed by atoms with Gasteiger partial charge in [0, 0.05) is 5.69 Å². The van der Waals surface area contributed by atoms with E-state index in [1.54, 1.807) is 18.2 Å². The zero-order valence-corrected chi connectivity index (χ0v) is 9.14. The van der Waals surface area contributed by atoms with Crippen LogP contribution in [0.3, 0.4) is 0 Å². The number of hydrogen-bond acceptors (Lipinski definition) is 4. The molecule has 80 valence electrons. The number of methoxy groups -OCH3 is 1. The highest BCUT2D eigenvalue weighted by atomic mass is 32.1. The highest BCUT2D eigenvalue weighted by Crippen LogP contribution is 2.10. The molecule has 0 radical (unpaired) electrons. The first-order chi connectivity index (χ1) is 7.13. The van der Waals surface area contributed by atoms with Crippen LogP contribution < -0.4 is 11.1 Å². The van der Waals surface area contributed by atoms with Gasteiger partial charge < -0.3 is 15.8 Å². The van der Waals surface area contributed by atoms with E-state index in [2.05, 4.69) is 10.1 Å². The Hall–Kier alpha value is -1.62. The third-order valence-electron chi connectivity index (χ3n) is 1.75. The van der Waals surface area contributed by atoms with Gasteiger partial charge in [0.25, 0.3) is 0 Å². The van der Waals surface area contributed by atoms with Crippen molar-refractivity contribution >= 4 is 28.9 Å². The second kappa shape index (κ2) is 5.31. The van der Waals surface area contributed by atoms with Crippen LogP contribution in [0.1, 0.15) is 10.4 Å². The SMILES string of the molecule is COC(=O)c1cccc(NCC(N)=S)c1. The molecule has 4 nitrogen and oxygen atoms in total. The molecular formula is C10H12N2O2S. The summed E-state index contributed by atoms with van der Waals surface area (Å²) in [6, 6.07) is 6.95. The van der Waals surface area contributed by atoms with Crippen LogP contribution in [0.15, 0.2) is 24.3 Å². The van der Waals surface area contributed by atoms with Crippen LogP contribution >= 0.6 is 12.2 Å². The Kier molecular flexibility index (Phi) is 4.05. The number of nitrogens with two attached hydrogens (primary N) is 1. The first-order valence-electron chi connectivity index (χ1n) is 4.34. The Balaban J connectivity index is 2.74. The average molecular weight is 224 g/mol. The van der Waals surface area contributed by atoms with Gasteiger partial charge in [-0.2, -0.15) is 0 Å². The Morgan fingerprint density at radius 2 is 2.33 bits per heavy atom. The van der Waals surface area contributed by atoms with Gasteiger partial charge in [-0.1, -0.05) is 18.3 Å². The predicted molar refractivity (Wildman–Crippen MR) is 63.1 cm³/mol. The van der Waals surface area contributed by atoms with Crippen molar-refractivity contribution in [3.63, 3.8) is 0 Å². The van der Waals surface area contributed by atoms with Gasteiger partial charge in [-0.15, -0.1) is 0 Å². The van der Waals surface area contributed by atoms with Crippen molar-refractivity contribution in [2.45, 2.75) is 0 Å². The number of carbonyl (C=O) groups excluding carboxylic acids is 1. The quantitative estimate of drug-likeness (QED) is 0.593. The Labute approximate surface area is 93.4 Å². The molecule has 5 heteroatoms. The minimum Gasteiger partial charge on any atom is -0.465 e. The fourth-order valence-corrected chi connectivity index (χ4v) is 1.14.